The third-order valence-corrected chi connectivity index (χ3v) is 6.06. The Balaban J connectivity index is 2.00. The van der Waals surface area contributed by atoms with Crippen molar-refractivity contribution in [3.63, 3.8) is 0 Å². The van der Waals surface area contributed by atoms with Gasteiger partial charge in [0.25, 0.3) is 15.9 Å². The molecule has 1 amide bonds. The lowest BCUT2D eigenvalue weighted by Gasteiger charge is -2.23. The number of hydrogen-bond donors (Lipinski definition) is 0. The van der Waals surface area contributed by atoms with Crippen LogP contribution in [-0.4, -0.2) is 18.6 Å². The van der Waals surface area contributed by atoms with Crippen LogP contribution in [0.25, 0.3) is 0 Å². The minimum Gasteiger partial charge on any atom is -0.268 e. The lowest BCUT2D eigenvalue weighted by atomic mass is 10.2. The fourth-order valence-corrected chi connectivity index (χ4v) is 4.27. The van der Waals surface area contributed by atoms with Crippen LogP contribution >= 0.6 is 0 Å². The van der Waals surface area contributed by atoms with Crippen molar-refractivity contribution in [2.45, 2.75) is 37.6 Å². The first-order valence-electron chi connectivity index (χ1n) is 8.35. The molecule has 0 atom stereocenters. The molecule has 0 bridgehead atoms. The second-order valence-electron chi connectivity index (χ2n) is 6.24. The molecule has 0 saturated carbocycles. The average molecular weight is 355 g/mol. The molecule has 2 aromatic carbocycles. The van der Waals surface area contributed by atoms with Crippen LogP contribution in [0, 0.1) is 6.92 Å². The summed E-state index contributed by atoms with van der Waals surface area (Å²) >= 11 is 0. The maximum absolute atomic E-state index is 13.1. The maximum atomic E-state index is 13.1. The fraction of sp³-hybridized carbons (Fsp3) is 0.250. The minimum atomic E-state index is -3.91. The van der Waals surface area contributed by atoms with Crippen LogP contribution in [0.4, 0.5) is 0 Å². The molecular weight excluding hydrogens is 334 g/mol. The van der Waals surface area contributed by atoms with Crippen molar-refractivity contribution in [2.24, 2.45) is 0 Å². The molecule has 0 unspecified atom stereocenters. The molecule has 5 heteroatoms. The number of nitrogens with zero attached hydrogens (tertiary/aromatic N) is 1. The van der Waals surface area contributed by atoms with Gasteiger partial charge in [0.1, 0.15) is 0 Å². The van der Waals surface area contributed by atoms with Gasteiger partial charge in [-0.05, 0) is 43.9 Å². The van der Waals surface area contributed by atoms with E-state index in [-0.39, 0.29) is 11.4 Å². The van der Waals surface area contributed by atoms with Crippen LogP contribution in [0.5, 0.6) is 0 Å². The van der Waals surface area contributed by atoms with E-state index >= 15 is 0 Å². The number of benzene rings is 2. The summed E-state index contributed by atoms with van der Waals surface area (Å²) in [7, 11) is -3.91. The maximum Gasteiger partial charge on any atom is 0.267 e. The van der Waals surface area contributed by atoms with Crippen LogP contribution in [0.3, 0.4) is 0 Å². The Kier molecular flexibility index (Phi) is 5.04. The molecule has 1 aliphatic rings. The molecule has 0 N–H and O–H groups in total. The molecule has 4 nitrogen and oxygen atoms in total. The summed E-state index contributed by atoms with van der Waals surface area (Å²) < 4.78 is 27.3. The Morgan fingerprint density at radius 3 is 2.32 bits per heavy atom. The van der Waals surface area contributed by atoms with Crippen molar-refractivity contribution in [1.29, 1.82) is 0 Å². The number of amides is 1. The van der Waals surface area contributed by atoms with Crippen molar-refractivity contribution in [2.75, 3.05) is 0 Å². The zero-order valence-electron chi connectivity index (χ0n) is 14.2. The first-order valence-corrected chi connectivity index (χ1v) is 9.79. The molecule has 0 heterocycles. The highest BCUT2D eigenvalue weighted by Crippen LogP contribution is 2.25. The summed E-state index contributed by atoms with van der Waals surface area (Å²) in [4.78, 5) is 13.1. The van der Waals surface area contributed by atoms with Crippen LogP contribution in [-0.2, 0) is 21.4 Å². The Bertz CT molecular complexity index is 884. The van der Waals surface area contributed by atoms with Crippen molar-refractivity contribution < 1.29 is 13.2 Å². The van der Waals surface area contributed by atoms with E-state index in [0.717, 1.165) is 28.3 Å². The molecule has 3 rings (SSSR count). The van der Waals surface area contributed by atoms with Gasteiger partial charge in [-0.15, -0.1) is 0 Å². The van der Waals surface area contributed by atoms with E-state index in [0.29, 0.717) is 12.0 Å². The van der Waals surface area contributed by atoms with E-state index in [1.54, 1.807) is 24.3 Å². The fourth-order valence-electron chi connectivity index (χ4n) is 2.88. The highest BCUT2D eigenvalue weighted by atomic mass is 32.2. The van der Waals surface area contributed by atoms with Gasteiger partial charge in [0.2, 0.25) is 0 Å². The Hall–Kier alpha value is -2.40. The topological polar surface area (TPSA) is 54.5 Å². The van der Waals surface area contributed by atoms with E-state index in [9.17, 15) is 13.2 Å². The van der Waals surface area contributed by atoms with E-state index in [1.165, 1.54) is 0 Å². The molecule has 0 spiro atoms. The van der Waals surface area contributed by atoms with Crippen LogP contribution in [0.15, 0.2) is 71.1 Å². The van der Waals surface area contributed by atoms with Crippen molar-refractivity contribution in [3.05, 3.63) is 77.4 Å². The molecule has 25 heavy (non-hydrogen) atoms. The summed E-state index contributed by atoms with van der Waals surface area (Å²) in [6.45, 7) is 1.93. The second-order valence-corrected chi connectivity index (χ2v) is 8.10. The second kappa shape index (κ2) is 7.23. The largest absolute Gasteiger partial charge is 0.268 e. The Morgan fingerprint density at radius 2 is 1.72 bits per heavy atom. The third-order valence-electron chi connectivity index (χ3n) is 4.32. The zero-order valence-corrected chi connectivity index (χ0v) is 15.0. The van der Waals surface area contributed by atoms with Crippen molar-refractivity contribution in [1.82, 2.24) is 4.31 Å². The Morgan fingerprint density at radius 1 is 1.04 bits per heavy atom. The lowest BCUT2D eigenvalue weighted by molar-refractivity contribution is -0.123. The molecule has 0 fully saturated rings. The summed E-state index contributed by atoms with van der Waals surface area (Å²) in [5.41, 5.74) is 2.34. The average Bonchev–Trinajstić information content (AvgIpc) is 3.15. The van der Waals surface area contributed by atoms with Crippen LogP contribution in [0.1, 0.15) is 30.4 Å². The number of aryl methyl sites for hydroxylation is 1. The lowest BCUT2D eigenvalue weighted by Crippen LogP contribution is -2.37. The van der Waals surface area contributed by atoms with Gasteiger partial charge in [0, 0.05) is 5.57 Å². The summed E-state index contributed by atoms with van der Waals surface area (Å²) in [5.74, 6) is -0.415. The van der Waals surface area contributed by atoms with Gasteiger partial charge in [-0.3, -0.25) is 4.79 Å². The molecule has 0 aromatic heterocycles. The van der Waals surface area contributed by atoms with Crippen molar-refractivity contribution in [3.8, 4) is 0 Å². The molecule has 2 aromatic rings. The molecule has 1 aliphatic carbocycles. The summed E-state index contributed by atoms with van der Waals surface area (Å²) in [6, 6.07) is 15.8. The predicted octanol–water partition coefficient (Wildman–Crippen LogP) is 3.82. The first kappa shape index (κ1) is 17.4. The van der Waals surface area contributed by atoms with Crippen LogP contribution in [0.2, 0.25) is 0 Å². The van der Waals surface area contributed by atoms with E-state index in [1.807, 2.05) is 43.3 Å². The number of allylic oxidation sites excluding steroid dienone is 1. The van der Waals surface area contributed by atoms with Crippen molar-refractivity contribution >= 4 is 15.9 Å². The molecule has 0 aliphatic heterocycles. The van der Waals surface area contributed by atoms with Gasteiger partial charge in [-0.1, -0.05) is 54.1 Å². The zero-order chi connectivity index (χ0) is 17.9. The number of hydrogen-bond acceptors (Lipinski definition) is 3. The quantitative estimate of drug-likeness (QED) is 0.819. The van der Waals surface area contributed by atoms with Gasteiger partial charge in [0.15, 0.2) is 0 Å². The smallest absolute Gasteiger partial charge is 0.267 e. The number of carbonyl (C=O) groups is 1. The normalized spacial score (nSPS) is 14.2. The van der Waals surface area contributed by atoms with Gasteiger partial charge >= 0.3 is 0 Å². The van der Waals surface area contributed by atoms with Gasteiger partial charge < -0.3 is 0 Å². The van der Waals surface area contributed by atoms with Crippen LogP contribution < -0.4 is 0 Å². The first-order chi connectivity index (χ1) is 12.0. The molecule has 130 valence electrons. The summed E-state index contributed by atoms with van der Waals surface area (Å²) in [5, 5.41) is 0. The van der Waals surface area contributed by atoms with E-state index in [4.69, 9.17) is 0 Å². The SMILES string of the molecule is Cc1ccc(S(=O)(=O)N(Cc2ccccc2)C(=O)C2=CCCC2)cc1. The molecule has 0 saturated heterocycles. The molecular formula is C20H21NO3S. The van der Waals surface area contributed by atoms with Gasteiger partial charge in [-0.2, -0.15) is 0 Å². The monoisotopic (exact) mass is 355 g/mol. The number of rotatable bonds is 5. The third kappa shape index (κ3) is 3.82. The highest BCUT2D eigenvalue weighted by Gasteiger charge is 2.31. The van der Waals surface area contributed by atoms with E-state index in [2.05, 4.69) is 0 Å². The highest BCUT2D eigenvalue weighted by molar-refractivity contribution is 7.89. The Labute approximate surface area is 148 Å². The number of sulfonamides is 1. The predicted molar refractivity (Wildman–Crippen MR) is 97.3 cm³/mol. The standard InChI is InChI=1S/C20H21NO3S/c1-16-11-13-19(14-12-16)25(23,24)21(15-17-7-3-2-4-8-17)20(22)18-9-5-6-10-18/h2-4,7-9,11-14H,5-6,10,15H2,1H3. The number of carbonyl (C=O) groups excluding carboxylic acids is 1. The molecule has 0 radical (unpaired) electrons. The van der Waals surface area contributed by atoms with Gasteiger partial charge in [0.05, 0.1) is 11.4 Å². The summed E-state index contributed by atoms with van der Waals surface area (Å²) in [6.07, 6.45) is 4.20. The van der Waals surface area contributed by atoms with E-state index < -0.39 is 15.9 Å². The van der Waals surface area contributed by atoms with Gasteiger partial charge in [-0.25, -0.2) is 12.7 Å². The minimum absolute atomic E-state index is 0.0349.